The molecule has 0 bridgehead atoms. The van der Waals surface area contributed by atoms with Gasteiger partial charge in [0.05, 0.1) is 5.69 Å². The Bertz CT molecular complexity index is 990. The molecule has 2 N–H and O–H groups in total. The summed E-state index contributed by atoms with van der Waals surface area (Å²) in [4.78, 5) is 43.4. The van der Waals surface area contributed by atoms with Crippen molar-refractivity contribution in [1.82, 2.24) is 14.9 Å². The van der Waals surface area contributed by atoms with E-state index in [1.54, 1.807) is 18.5 Å². The summed E-state index contributed by atoms with van der Waals surface area (Å²) in [6, 6.07) is 7.12. The van der Waals surface area contributed by atoms with Gasteiger partial charge in [-0.2, -0.15) is 0 Å². The van der Waals surface area contributed by atoms with Crippen molar-refractivity contribution >= 4 is 23.7 Å². The maximum atomic E-state index is 14.0. The number of hydrogen-bond acceptors (Lipinski definition) is 6. The summed E-state index contributed by atoms with van der Waals surface area (Å²) in [7, 11) is 0. The van der Waals surface area contributed by atoms with E-state index in [9.17, 15) is 9.18 Å². The molecule has 2 saturated heterocycles. The van der Waals surface area contributed by atoms with Crippen LogP contribution < -0.4 is 4.90 Å². The molecule has 9 nitrogen and oxygen atoms in total. The van der Waals surface area contributed by atoms with Crippen molar-refractivity contribution in [2.45, 2.75) is 38.0 Å². The summed E-state index contributed by atoms with van der Waals surface area (Å²) < 4.78 is 14.0. The van der Waals surface area contributed by atoms with Crippen LogP contribution in [0.25, 0.3) is 0 Å². The molecule has 2 aromatic rings. The lowest BCUT2D eigenvalue weighted by Crippen LogP contribution is -2.36. The highest BCUT2D eigenvalue weighted by molar-refractivity contribution is 6.27. The topological polar surface area (TPSA) is 124 Å². The van der Waals surface area contributed by atoms with Crippen LogP contribution in [0.15, 0.2) is 36.7 Å². The van der Waals surface area contributed by atoms with E-state index >= 15 is 0 Å². The van der Waals surface area contributed by atoms with E-state index in [2.05, 4.69) is 20.9 Å². The molecule has 0 aromatic carbocycles. The number of carbonyl (C=O) groups excluding carboxylic acids is 1. The van der Waals surface area contributed by atoms with Gasteiger partial charge in [-0.25, -0.2) is 19.0 Å². The van der Waals surface area contributed by atoms with Crippen LogP contribution in [0, 0.1) is 5.82 Å². The zero-order valence-corrected chi connectivity index (χ0v) is 18.2. The second-order valence-electron chi connectivity index (χ2n) is 8.01. The first kappa shape index (κ1) is 24.2. The summed E-state index contributed by atoms with van der Waals surface area (Å²) in [5.74, 6) is -2.71. The number of likely N-dealkylation sites (tertiary alicyclic amines) is 1. The smallest absolute Gasteiger partial charge is 0.414 e. The molecular weight excluding hydrogens is 431 g/mol. The van der Waals surface area contributed by atoms with E-state index in [-0.39, 0.29) is 17.6 Å². The lowest BCUT2D eigenvalue weighted by molar-refractivity contribution is -0.159. The molecule has 33 heavy (non-hydrogen) atoms. The van der Waals surface area contributed by atoms with E-state index in [4.69, 9.17) is 19.8 Å². The van der Waals surface area contributed by atoms with Crippen molar-refractivity contribution in [2.24, 2.45) is 0 Å². The largest absolute Gasteiger partial charge is 0.473 e. The van der Waals surface area contributed by atoms with Gasteiger partial charge in [0.25, 0.3) is 0 Å². The van der Waals surface area contributed by atoms with Gasteiger partial charge in [-0.15, -0.1) is 0 Å². The molecule has 1 amide bonds. The van der Waals surface area contributed by atoms with Crippen LogP contribution in [0.1, 0.15) is 42.9 Å². The van der Waals surface area contributed by atoms with E-state index in [1.807, 2.05) is 11.0 Å². The number of pyridine rings is 2. The number of carbonyl (C=O) groups is 3. The van der Waals surface area contributed by atoms with Gasteiger partial charge in [-0.1, -0.05) is 6.07 Å². The Kier molecular flexibility index (Phi) is 8.42. The zero-order chi connectivity index (χ0) is 23.8. The average molecular weight is 458 g/mol. The third-order valence-corrected chi connectivity index (χ3v) is 5.77. The number of carboxylic acid groups (broad SMARTS) is 2. The van der Waals surface area contributed by atoms with Crippen molar-refractivity contribution in [1.29, 1.82) is 0 Å². The number of halogens is 1. The molecule has 4 heterocycles. The minimum atomic E-state index is -1.82. The van der Waals surface area contributed by atoms with Crippen molar-refractivity contribution in [3.05, 3.63) is 53.7 Å². The van der Waals surface area contributed by atoms with Crippen LogP contribution >= 0.6 is 0 Å². The van der Waals surface area contributed by atoms with E-state index < -0.39 is 11.9 Å². The number of aromatic nitrogens is 2. The van der Waals surface area contributed by atoms with Gasteiger partial charge in [-0.3, -0.25) is 14.7 Å². The van der Waals surface area contributed by atoms with Gasteiger partial charge in [-0.05, 0) is 56.0 Å². The van der Waals surface area contributed by atoms with Crippen LogP contribution in [0.2, 0.25) is 0 Å². The Balaban J connectivity index is 0.000000454. The maximum Gasteiger partial charge on any atom is 0.414 e. The number of rotatable bonds is 5. The average Bonchev–Trinajstić information content (AvgIpc) is 3.28. The van der Waals surface area contributed by atoms with E-state index in [0.29, 0.717) is 12.1 Å². The standard InChI is InChI=1S/C21H25FN4O.C2H2O4/c22-18-6-4-10-23-20(18)17-9-14-25(15-17)13-8-16-5-3-11-24-21(16)26-12-2-1-7-19(26)27;3-1(4)2(5)6/h3-6,10-11,17H,1-2,7-9,12-15H2;(H,3,4)(H,5,6). The van der Waals surface area contributed by atoms with Gasteiger partial charge in [0.15, 0.2) is 0 Å². The first-order chi connectivity index (χ1) is 15.9. The van der Waals surface area contributed by atoms with Crippen LogP contribution in [0.5, 0.6) is 0 Å². The lowest BCUT2D eigenvalue weighted by Gasteiger charge is -2.28. The fraction of sp³-hybridized carbons (Fsp3) is 0.435. The van der Waals surface area contributed by atoms with Gasteiger partial charge < -0.3 is 15.1 Å². The third kappa shape index (κ3) is 6.55. The SMILES string of the molecule is O=C(O)C(=O)O.O=C1CCCCN1c1ncccc1CCN1CCC(c2ncccc2F)C1. The van der Waals surface area contributed by atoms with Crippen LogP contribution in [0.3, 0.4) is 0 Å². The van der Waals surface area contributed by atoms with Crippen molar-refractivity contribution in [3.8, 4) is 0 Å². The van der Waals surface area contributed by atoms with E-state index in [0.717, 1.165) is 63.2 Å². The summed E-state index contributed by atoms with van der Waals surface area (Å²) >= 11 is 0. The minimum Gasteiger partial charge on any atom is -0.473 e. The van der Waals surface area contributed by atoms with Crippen LogP contribution in [-0.2, 0) is 20.8 Å². The second kappa shape index (κ2) is 11.5. The predicted octanol–water partition coefficient (Wildman–Crippen LogP) is 2.32. The predicted molar refractivity (Wildman–Crippen MR) is 117 cm³/mol. The molecule has 0 aliphatic carbocycles. The summed E-state index contributed by atoms with van der Waals surface area (Å²) in [6.07, 6.45) is 7.80. The molecule has 0 radical (unpaired) electrons. The summed E-state index contributed by atoms with van der Waals surface area (Å²) in [6.45, 7) is 3.41. The number of piperidine rings is 1. The first-order valence-electron chi connectivity index (χ1n) is 10.9. The van der Waals surface area contributed by atoms with Gasteiger partial charge in [0, 0.05) is 44.4 Å². The number of carboxylic acids is 2. The number of anilines is 1. The van der Waals surface area contributed by atoms with Crippen molar-refractivity contribution in [2.75, 3.05) is 31.1 Å². The van der Waals surface area contributed by atoms with Gasteiger partial charge >= 0.3 is 11.9 Å². The summed E-state index contributed by atoms with van der Waals surface area (Å²) in [5, 5.41) is 14.8. The highest BCUT2D eigenvalue weighted by Gasteiger charge is 2.27. The molecule has 4 rings (SSSR count). The fourth-order valence-corrected chi connectivity index (χ4v) is 4.13. The Morgan fingerprint density at radius 2 is 1.79 bits per heavy atom. The monoisotopic (exact) mass is 458 g/mol. The van der Waals surface area contributed by atoms with Gasteiger partial charge in [0.1, 0.15) is 11.6 Å². The fourth-order valence-electron chi connectivity index (χ4n) is 4.13. The first-order valence-corrected chi connectivity index (χ1v) is 10.9. The Morgan fingerprint density at radius 3 is 2.48 bits per heavy atom. The highest BCUT2D eigenvalue weighted by Crippen LogP contribution is 2.28. The molecule has 10 heteroatoms. The lowest BCUT2D eigenvalue weighted by atomic mass is 10.0. The molecule has 0 spiro atoms. The molecule has 1 unspecified atom stereocenters. The van der Waals surface area contributed by atoms with Crippen molar-refractivity contribution in [3.63, 3.8) is 0 Å². The molecule has 2 fully saturated rings. The van der Waals surface area contributed by atoms with Crippen molar-refractivity contribution < 1.29 is 29.0 Å². The normalized spacial score (nSPS) is 18.5. The maximum absolute atomic E-state index is 14.0. The number of aliphatic carboxylic acids is 2. The zero-order valence-electron chi connectivity index (χ0n) is 18.2. The summed E-state index contributed by atoms with van der Waals surface area (Å²) in [5.41, 5.74) is 1.70. The Hall–Kier alpha value is -3.40. The second-order valence-corrected chi connectivity index (χ2v) is 8.01. The molecule has 2 aliphatic rings. The van der Waals surface area contributed by atoms with Crippen LogP contribution in [0.4, 0.5) is 10.2 Å². The molecule has 176 valence electrons. The number of amides is 1. The quantitative estimate of drug-likeness (QED) is 0.655. The van der Waals surface area contributed by atoms with Crippen LogP contribution in [-0.4, -0.2) is 69.1 Å². The number of hydrogen-bond donors (Lipinski definition) is 2. The van der Waals surface area contributed by atoms with E-state index in [1.165, 1.54) is 6.07 Å². The minimum absolute atomic E-state index is 0.156. The highest BCUT2D eigenvalue weighted by atomic mass is 19.1. The molecule has 2 aliphatic heterocycles. The van der Waals surface area contributed by atoms with Gasteiger partial charge in [0.2, 0.25) is 5.91 Å². The Morgan fingerprint density at radius 1 is 1.06 bits per heavy atom. The molecule has 1 atom stereocenters. The third-order valence-electron chi connectivity index (χ3n) is 5.77. The molecule has 0 saturated carbocycles. The number of nitrogens with zero attached hydrogens (tertiary/aromatic N) is 4. The Labute approximate surface area is 190 Å². The molecule has 2 aromatic heterocycles. The molecular formula is C23H27FN4O5.